The number of nitrogens with zero attached hydrogens (tertiary/aromatic N) is 2. The summed E-state index contributed by atoms with van der Waals surface area (Å²) in [6.07, 6.45) is 0.855. The standard InChI is InChI=1S/C31H34ClN3O4/c1-31(2,3)39-28(36)20-34-26(22-13-8-5-9-14-22)17-23(21-11-6-4-7-12-21)18-27(29(34)37)35(30(33)38)25-16-10-15-24(32)19-25/h4-16,19,23,26-27H,17-18,20H2,1-3H3,(H2,33,38). The summed E-state index contributed by atoms with van der Waals surface area (Å²) in [6.45, 7) is 5.08. The quantitative estimate of drug-likeness (QED) is 0.378. The van der Waals surface area contributed by atoms with Gasteiger partial charge in [0.1, 0.15) is 18.2 Å². The summed E-state index contributed by atoms with van der Waals surface area (Å²) in [7, 11) is 0. The van der Waals surface area contributed by atoms with Gasteiger partial charge in [0.2, 0.25) is 5.91 Å². The molecule has 1 fully saturated rings. The maximum atomic E-state index is 14.4. The lowest BCUT2D eigenvalue weighted by Crippen LogP contribution is -2.53. The third kappa shape index (κ3) is 6.98. The highest BCUT2D eigenvalue weighted by molar-refractivity contribution is 6.31. The number of carbonyl (C=O) groups is 3. The third-order valence-corrected chi connectivity index (χ3v) is 7.01. The first-order valence-corrected chi connectivity index (χ1v) is 13.4. The number of primary amides is 1. The lowest BCUT2D eigenvalue weighted by Gasteiger charge is -2.35. The Hall–Kier alpha value is -3.84. The molecule has 3 atom stereocenters. The summed E-state index contributed by atoms with van der Waals surface area (Å²) in [5.41, 5.74) is 7.52. The Morgan fingerprint density at radius 3 is 2.13 bits per heavy atom. The van der Waals surface area contributed by atoms with Crippen LogP contribution in [0.25, 0.3) is 0 Å². The normalized spacial score (nSPS) is 19.7. The first kappa shape index (κ1) is 28.2. The zero-order valence-corrected chi connectivity index (χ0v) is 23.2. The van der Waals surface area contributed by atoms with Gasteiger partial charge < -0.3 is 15.4 Å². The van der Waals surface area contributed by atoms with Gasteiger partial charge in [-0.1, -0.05) is 78.3 Å². The smallest absolute Gasteiger partial charge is 0.326 e. The first-order chi connectivity index (χ1) is 18.5. The summed E-state index contributed by atoms with van der Waals surface area (Å²) in [5, 5.41) is 0.409. The predicted molar refractivity (Wildman–Crippen MR) is 152 cm³/mol. The lowest BCUT2D eigenvalue weighted by atomic mass is 9.86. The monoisotopic (exact) mass is 547 g/mol. The number of benzene rings is 3. The molecule has 0 radical (unpaired) electrons. The van der Waals surface area contributed by atoms with Gasteiger partial charge in [-0.15, -0.1) is 0 Å². The van der Waals surface area contributed by atoms with Crippen LogP contribution in [-0.2, 0) is 14.3 Å². The molecule has 8 heteroatoms. The molecule has 3 amide bonds. The summed E-state index contributed by atoms with van der Waals surface area (Å²) < 4.78 is 5.61. The van der Waals surface area contributed by atoms with Gasteiger partial charge in [-0.05, 0) is 68.9 Å². The number of carbonyl (C=O) groups excluding carboxylic acids is 3. The van der Waals surface area contributed by atoms with Crippen molar-refractivity contribution in [2.75, 3.05) is 11.4 Å². The number of urea groups is 1. The number of ether oxygens (including phenoxy) is 1. The van der Waals surface area contributed by atoms with Crippen molar-refractivity contribution in [3.05, 3.63) is 101 Å². The second kappa shape index (κ2) is 11.9. The molecule has 7 nitrogen and oxygen atoms in total. The number of anilines is 1. The molecule has 0 spiro atoms. The molecule has 1 saturated heterocycles. The Morgan fingerprint density at radius 2 is 1.56 bits per heavy atom. The number of nitrogens with two attached hydrogens (primary N) is 1. The molecule has 204 valence electrons. The van der Waals surface area contributed by atoms with Gasteiger partial charge in [-0.25, -0.2) is 4.79 Å². The zero-order chi connectivity index (χ0) is 28.2. The highest BCUT2D eigenvalue weighted by Crippen LogP contribution is 2.41. The van der Waals surface area contributed by atoms with Crippen LogP contribution in [0.3, 0.4) is 0 Å². The zero-order valence-electron chi connectivity index (χ0n) is 22.4. The van der Waals surface area contributed by atoms with Crippen molar-refractivity contribution in [2.45, 2.75) is 57.2 Å². The highest BCUT2D eigenvalue weighted by atomic mass is 35.5. The molecule has 39 heavy (non-hydrogen) atoms. The Balaban J connectivity index is 1.85. The fourth-order valence-electron chi connectivity index (χ4n) is 5.20. The molecule has 0 aliphatic carbocycles. The average Bonchev–Trinajstić information content (AvgIpc) is 3.01. The van der Waals surface area contributed by atoms with Gasteiger partial charge in [0.25, 0.3) is 0 Å². The summed E-state index contributed by atoms with van der Waals surface area (Å²) >= 11 is 6.25. The minimum Gasteiger partial charge on any atom is -0.459 e. The highest BCUT2D eigenvalue weighted by Gasteiger charge is 2.43. The average molecular weight is 548 g/mol. The maximum absolute atomic E-state index is 14.4. The number of amides is 3. The van der Waals surface area contributed by atoms with Gasteiger partial charge in [-0.2, -0.15) is 0 Å². The topological polar surface area (TPSA) is 92.9 Å². The molecule has 0 bridgehead atoms. The Bertz CT molecular complexity index is 1310. The van der Waals surface area contributed by atoms with E-state index in [9.17, 15) is 14.4 Å². The van der Waals surface area contributed by atoms with Crippen molar-refractivity contribution >= 4 is 35.2 Å². The molecule has 0 saturated carbocycles. The van der Waals surface area contributed by atoms with E-state index in [0.29, 0.717) is 23.6 Å². The minimum atomic E-state index is -0.970. The van der Waals surface area contributed by atoms with Crippen molar-refractivity contribution in [3.8, 4) is 0 Å². The van der Waals surface area contributed by atoms with Crippen LogP contribution in [-0.4, -0.2) is 41.0 Å². The van der Waals surface area contributed by atoms with E-state index in [4.69, 9.17) is 22.1 Å². The minimum absolute atomic E-state index is 0.116. The molecule has 3 aromatic rings. The van der Waals surface area contributed by atoms with E-state index in [1.54, 1.807) is 45.0 Å². The second-order valence-corrected chi connectivity index (χ2v) is 11.2. The second-order valence-electron chi connectivity index (χ2n) is 10.8. The van der Waals surface area contributed by atoms with E-state index >= 15 is 0 Å². The third-order valence-electron chi connectivity index (χ3n) is 6.77. The first-order valence-electron chi connectivity index (χ1n) is 13.0. The van der Waals surface area contributed by atoms with Gasteiger partial charge in [0.05, 0.1) is 6.04 Å². The molecule has 3 aromatic carbocycles. The molecular formula is C31H34ClN3O4. The molecule has 1 aliphatic rings. The van der Waals surface area contributed by atoms with Crippen LogP contribution >= 0.6 is 11.6 Å². The van der Waals surface area contributed by atoms with Crippen LogP contribution in [0.15, 0.2) is 84.9 Å². The number of hydrogen-bond acceptors (Lipinski definition) is 4. The lowest BCUT2D eigenvalue weighted by molar-refractivity contribution is -0.160. The van der Waals surface area contributed by atoms with Crippen molar-refractivity contribution in [3.63, 3.8) is 0 Å². The van der Waals surface area contributed by atoms with Gasteiger partial charge in [0.15, 0.2) is 0 Å². The summed E-state index contributed by atoms with van der Waals surface area (Å²) in [4.78, 5) is 43.3. The fourth-order valence-corrected chi connectivity index (χ4v) is 5.38. The Kier molecular flexibility index (Phi) is 8.60. The van der Waals surface area contributed by atoms with E-state index in [2.05, 4.69) is 0 Å². The van der Waals surface area contributed by atoms with Gasteiger partial charge in [0, 0.05) is 10.7 Å². The molecule has 0 aromatic heterocycles. The van der Waals surface area contributed by atoms with Crippen LogP contribution in [0.2, 0.25) is 5.02 Å². The SMILES string of the molecule is CC(C)(C)OC(=O)CN1C(=O)C(N(C(N)=O)c2cccc(Cl)c2)CC(c2ccccc2)CC1c1ccccc1. The van der Waals surface area contributed by atoms with E-state index < -0.39 is 29.7 Å². The summed E-state index contributed by atoms with van der Waals surface area (Å²) in [6, 6.07) is 24.0. The number of hydrogen-bond donors (Lipinski definition) is 1. The van der Waals surface area contributed by atoms with Gasteiger partial charge >= 0.3 is 12.0 Å². The number of likely N-dealkylation sites (tertiary alicyclic amines) is 1. The van der Waals surface area contributed by atoms with Crippen LogP contribution < -0.4 is 10.6 Å². The van der Waals surface area contributed by atoms with Crippen molar-refractivity contribution in [1.82, 2.24) is 4.90 Å². The number of rotatable bonds is 6. The van der Waals surface area contributed by atoms with Crippen LogP contribution in [0.1, 0.15) is 56.7 Å². The van der Waals surface area contributed by atoms with E-state index in [0.717, 1.165) is 11.1 Å². The number of halogens is 1. The van der Waals surface area contributed by atoms with Crippen molar-refractivity contribution in [1.29, 1.82) is 0 Å². The molecule has 3 unspecified atom stereocenters. The van der Waals surface area contributed by atoms with E-state index in [1.807, 2.05) is 60.7 Å². The van der Waals surface area contributed by atoms with Gasteiger partial charge in [-0.3, -0.25) is 14.5 Å². The fraction of sp³-hybridized carbons (Fsp3) is 0.323. The number of esters is 1. The molecule has 4 rings (SSSR count). The molecule has 1 aliphatic heterocycles. The molecule has 1 heterocycles. The predicted octanol–water partition coefficient (Wildman–Crippen LogP) is 6.08. The van der Waals surface area contributed by atoms with Crippen LogP contribution in [0, 0.1) is 0 Å². The van der Waals surface area contributed by atoms with E-state index in [1.165, 1.54) is 9.80 Å². The molecule has 2 N–H and O–H groups in total. The van der Waals surface area contributed by atoms with Crippen molar-refractivity contribution < 1.29 is 19.1 Å². The summed E-state index contributed by atoms with van der Waals surface area (Å²) in [5.74, 6) is -1.02. The van der Waals surface area contributed by atoms with Crippen LogP contribution in [0.5, 0.6) is 0 Å². The van der Waals surface area contributed by atoms with Crippen LogP contribution in [0.4, 0.5) is 10.5 Å². The van der Waals surface area contributed by atoms with E-state index in [-0.39, 0.29) is 18.4 Å². The Labute approximate surface area is 234 Å². The largest absolute Gasteiger partial charge is 0.459 e. The van der Waals surface area contributed by atoms with Crippen molar-refractivity contribution in [2.24, 2.45) is 5.73 Å². The Morgan fingerprint density at radius 1 is 0.949 bits per heavy atom. The maximum Gasteiger partial charge on any atom is 0.326 e. The molecular weight excluding hydrogens is 514 g/mol.